The number of aliphatic hydroxyl groups is 1. The Bertz CT molecular complexity index is 1140. The molecule has 8 heteroatoms. The Labute approximate surface area is 183 Å². The number of phenolic OH excluding ortho intramolecular Hbond substituents is 1. The van der Waals surface area contributed by atoms with Crippen LogP contribution in [0.25, 0.3) is 0 Å². The predicted molar refractivity (Wildman–Crippen MR) is 110 cm³/mol. The van der Waals surface area contributed by atoms with Gasteiger partial charge in [0.2, 0.25) is 5.91 Å². The first-order valence-corrected chi connectivity index (χ1v) is 10.8. The van der Waals surface area contributed by atoms with Crippen molar-refractivity contribution in [3.05, 3.63) is 41.0 Å². The average Bonchev–Trinajstić information content (AvgIpc) is 3.25. The van der Waals surface area contributed by atoms with Gasteiger partial charge < -0.3 is 15.9 Å². The number of nitrogens with two attached hydrogens (primary N) is 1. The number of carbonyl (C=O) groups is 5. The number of hydrogen-bond acceptors (Lipinski definition) is 7. The molecule has 166 valence electrons. The number of aromatic hydroxyl groups is 1. The quantitative estimate of drug-likeness (QED) is 0.456. The highest BCUT2D eigenvalue weighted by atomic mass is 16.3. The van der Waals surface area contributed by atoms with Gasteiger partial charge in [-0.15, -0.1) is 0 Å². The number of primary amides is 1. The number of phenols is 1. The van der Waals surface area contributed by atoms with Crippen LogP contribution in [0.15, 0.2) is 24.3 Å². The van der Waals surface area contributed by atoms with Gasteiger partial charge in [0.15, 0.2) is 34.7 Å². The highest BCUT2D eigenvalue weighted by Crippen LogP contribution is 2.51. The van der Waals surface area contributed by atoms with Crippen LogP contribution in [0.3, 0.4) is 0 Å². The highest BCUT2D eigenvalue weighted by Gasteiger charge is 2.66. The lowest BCUT2D eigenvalue weighted by Crippen LogP contribution is -2.68. The standard InChI is InChI=1S/C24H23NO7/c25-23(31)19-16(27)9-12-7-11-8-14-13(10-3-1-2-4-10)5-6-15(26)18(14)20(28)17(11)21(29)24(12,32)22(19)30/h1,3,5-6,10-12,17,19,26,32H,2,4,7-9H2,(H2,25,31)/t10?,11-,12+,17?,19?,24+/m1/s1. The summed E-state index contributed by atoms with van der Waals surface area (Å²) in [4.78, 5) is 63.9. The van der Waals surface area contributed by atoms with Crippen LogP contribution in [0.1, 0.15) is 53.1 Å². The van der Waals surface area contributed by atoms with Crippen LogP contribution in [-0.4, -0.2) is 44.9 Å². The minimum absolute atomic E-state index is 0.0604. The average molecular weight is 437 g/mol. The Hall–Kier alpha value is -3.13. The van der Waals surface area contributed by atoms with E-state index in [0.717, 1.165) is 18.4 Å². The van der Waals surface area contributed by atoms with Gasteiger partial charge in [0.05, 0.1) is 11.5 Å². The lowest BCUT2D eigenvalue weighted by molar-refractivity contribution is -0.175. The zero-order valence-corrected chi connectivity index (χ0v) is 17.2. The Morgan fingerprint density at radius 3 is 2.50 bits per heavy atom. The number of fused-ring (bicyclic) bond motifs is 3. The number of Topliss-reactive ketones (excluding diaryl/α,β-unsaturated/α-hetero) is 4. The zero-order chi connectivity index (χ0) is 22.9. The second-order valence-electron chi connectivity index (χ2n) is 9.38. The molecule has 3 unspecified atom stereocenters. The van der Waals surface area contributed by atoms with Crippen LogP contribution in [0.5, 0.6) is 5.75 Å². The van der Waals surface area contributed by atoms with Gasteiger partial charge in [0.1, 0.15) is 5.75 Å². The second kappa shape index (κ2) is 6.93. The number of benzene rings is 1. The van der Waals surface area contributed by atoms with E-state index in [4.69, 9.17) is 5.73 Å². The van der Waals surface area contributed by atoms with E-state index in [-0.39, 0.29) is 30.1 Å². The van der Waals surface area contributed by atoms with Crippen LogP contribution in [0, 0.1) is 23.7 Å². The van der Waals surface area contributed by atoms with Crippen molar-refractivity contribution in [2.45, 2.75) is 43.6 Å². The lowest BCUT2D eigenvalue weighted by Gasteiger charge is -2.48. The molecule has 0 bridgehead atoms. The molecule has 2 fully saturated rings. The summed E-state index contributed by atoms with van der Waals surface area (Å²) in [5, 5.41) is 21.7. The third kappa shape index (κ3) is 2.62. The van der Waals surface area contributed by atoms with Gasteiger partial charge in [-0.3, -0.25) is 24.0 Å². The van der Waals surface area contributed by atoms with E-state index in [9.17, 15) is 34.2 Å². The largest absolute Gasteiger partial charge is 0.507 e. The molecule has 1 aromatic carbocycles. The summed E-state index contributed by atoms with van der Waals surface area (Å²) in [5.41, 5.74) is 4.25. The first kappa shape index (κ1) is 20.8. The van der Waals surface area contributed by atoms with E-state index in [1.165, 1.54) is 6.07 Å². The molecular formula is C24H23NO7. The Balaban J connectivity index is 1.60. The number of ketones is 4. The number of amides is 1. The van der Waals surface area contributed by atoms with Gasteiger partial charge in [-0.25, -0.2) is 0 Å². The van der Waals surface area contributed by atoms with Crippen LogP contribution < -0.4 is 5.73 Å². The molecule has 1 aromatic rings. The summed E-state index contributed by atoms with van der Waals surface area (Å²) in [6.45, 7) is 0. The van der Waals surface area contributed by atoms with Crippen molar-refractivity contribution in [2.24, 2.45) is 29.4 Å². The number of carbonyl (C=O) groups excluding carboxylic acids is 5. The topological polar surface area (TPSA) is 152 Å². The summed E-state index contributed by atoms with van der Waals surface area (Å²) in [5.74, 6) is -9.64. The van der Waals surface area contributed by atoms with Gasteiger partial charge >= 0.3 is 0 Å². The summed E-state index contributed by atoms with van der Waals surface area (Å²) >= 11 is 0. The molecule has 0 aliphatic heterocycles. The summed E-state index contributed by atoms with van der Waals surface area (Å²) in [6.07, 6.45) is 6.03. The molecule has 0 spiro atoms. The number of allylic oxidation sites excluding steroid dienone is 2. The molecule has 0 saturated heterocycles. The molecule has 4 aliphatic carbocycles. The maximum Gasteiger partial charge on any atom is 0.235 e. The molecule has 8 nitrogen and oxygen atoms in total. The fourth-order valence-electron chi connectivity index (χ4n) is 6.23. The minimum Gasteiger partial charge on any atom is -0.507 e. The smallest absolute Gasteiger partial charge is 0.235 e. The molecule has 5 rings (SSSR count). The molecule has 6 atom stereocenters. The first-order chi connectivity index (χ1) is 15.2. The Morgan fingerprint density at radius 2 is 1.84 bits per heavy atom. The minimum atomic E-state index is -2.61. The van der Waals surface area contributed by atoms with Crippen molar-refractivity contribution in [1.82, 2.24) is 0 Å². The van der Waals surface area contributed by atoms with E-state index >= 15 is 0 Å². The van der Waals surface area contributed by atoms with E-state index in [2.05, 4.69) is 12.2 Å². The fraction of sp³-hybridized carbons (Fsp3) is 0.458. The molecule has 0 aromatic heterocycles. The predicted octanol–water partition coefficient (Wildman–Crippen LogP) is 0.760. The number of rotatable bonds is 2. The van der Waals surface area contributed by atoms with E-state index in [1.807, 2.05) is 0 Å². The van der Waals surface area contributed by atoms with Crippen molar-refractivity contribution in [3.63, 3.8) is 0 Å². The third-order valence-electron chi connectivity index (χ3n) is 7.73. The summed E-state index contributed by atoms with van der Waals surface area (Å²) in [6, 6.07) is 3.24. The maximum absolute atomic E-state index is 13.5. The van der Waals surface area contributed by atoms with E-state index < -0.39 is 58.3 Å². The summed E-state index contributed by atoms with van der Waals surface area (Å²) < 4.78 is 0. The maximum atomic E-state index is 13.5. The first-order valence-electron chi connectivity index (χ1n) is 10.8. The van der Waals surface area contributed by atoms with Gasteiger partial charge in [-0.05, 0) is 48.8 Å². The Morgan fingerprint density at radius 1 is 1.09 bits per heavy atom. The highest BCUT2D eigenvalue weighted by molar-refractivity contribution is 6.31. The van der Waals surface area contributed by atoms with Gasteiger partial charge in [0, 0.05) is 18.3 Å². The third-order valence-corrected chi connectivity index (χ3v) is 7.73. The van der Waals surface area contributed by atoms with E-state index in [1.54, 1.807) is 6.07 Å². The van der Waals surface area contributed by atoms with Crippen LogP contribution in [0.4, 0.5) is 0 Å². The molecule has 32 heavy (non-hydrogen) atoms. The van der Waals surface area contributed by atoms with Crippen molar-refractivity contribution in [3.8, 4) is 5.75 Å². The fourth-order valence-corrected chi connectivity index (χ4v) is 6.23. The van der Waals surface area contributed by atoms with Gasteiger partial charge in [-0.1, -0.05) is 18.2 Å². The molecule has 0 heterocycles. The van der Waals surface area contributed by atoms with Crippen LogP contribution in [0.2, 0.25) is 0 Å². The van der Waals surface area contributed by atoms with Crippen molar-refractivity contribution >= 4 is 29.0 Å². The summed E-state index contributed by atoms with van der Waals surface area (Å²) in [7, 11) is 0. The van der Waals surface area contributed by atoms with Crippen LogP contribution >= 0.6 is 0 Å². The molecule has 2 saturated carbocycles. The zero-order valence-electron chi connectivity index (χ0n) is 17.2. The van der Waals surface area contributed by atoms with Crippen molar-refractivity contribution in [2.75, 3.05) is 0 Å². The monoisotopic (exact) mass is 437 g/mol. The van der Waals surface area contributed by atoms with E-state index in [0.29, 0.717) is 12.0 Å². The van der Waals surface area contributed by atoms with Gasteiger partial charge in [-0.2, -0.15) is 0 Å². The Kier molecular flexibility index (Phi) is 4.50. The molecular weight excluding hydrogens is 414 g/mol. The molecule has 4 aliphatic rings. The molecule has 4 N–H and O–H groups in total. The molecule has 1 amide bonds. The molecule has 0 radical (unpaired) electrons. The lowest BCUT2D eigenvalue weighted by atomic mass is 9.53. The number of hydrogen-bond donors (Lipinski definition) is 3. The second-order valence-corrected chi connectivity index (χ2v) is 9.38. The SMILES string of the molecule is NC(=O)C1C(=O)C[C@@H]2C[C@@H]3Cc4c(C5C=CCC5)ccc(O)c4C(=O)C3C(=O)[C@]2(O)C1=O. The van der Waals surface area contributed by atoms with Crippen molar-refractivity contribution in [1.29, 1.82) is 0 Å². The van der Waals surface area contributed by atoms with Crippen LogP contribution in [-0.2, 0) is 25.6 Å². The normalized spacial score (nSPS) is 36.0. The van der Waals surface area contributed by atoms with Crippen molar-refractivity contribution < 1.29 is 34.2 Å². The van der Waals surface area contributed by atoms with Gasteiger partial charge in [0.25, 0.3) is 0 Å².